The summed E-state index contributed by atoms with van der Waals surface area (Å²) in [7, 11) is 0. The summed E-state index contributed by atoms with van der Waals surface area (Å²) < 4.78 is 5.52. The molecule has 1 fully saturated rings. The molecule has 2 rings (SSSR count). The molecular formula is C8H11N3O. The van der Waals surface area contributed by atoms with Gasteiger partial charge in [-0.05, 0) is 6.92 Å². The van der Waals surface area contributed by atoms with Crippen LogP contribution in [-0.4, -0.2) is 29.2 Å². The van der Waals surface area contributed by atoms with Gasteiger partial charge in [-0.15, -0.1) is 0 Å². The summed E-state index contributed by atoms with van der Waals surface area (Å²) in [5, 5.41) is 3.13. The van der Waals surface area contributed by atoms with E-state index in [1.807, 2.05) is 6.92 Å². The monoisotopic (exact) mass is 165 g/mol. The van der Waals surface area contributed by atoms with Crippen LogP contribution >= 0.6 is 0 Å². The molecule has 0 amide bonds. The number of aryl methyl sites for hydroxylation is 1. The zero-order valence-corrected chi connectivity index (χ0v) is 6.95. The zero-order chi connectivity index (χ0) is 8.39. The molecule has 0 aliphatic carbocycles. The van der Waals surface area contributed by atoms with Gasteiger partial charge in [0.1, 0.15) is 11.9 Å². The van der Waals surface area contributed by atoms with Crippen molar-refractivity contribution in [1.29, 1.82) is 0 Å². The number of aromatic nitrogens is 2. The van der Waals surface area contributed by atoms with Gasteiger partial charge in [0.25, 0.3) is 0 Å². The highest BCUT2D eigenvalue weighted by atomic mass is 16.5. The molecule has 0 saturated carbocycles. The molecule has 2 heterocycles. The van der Waals surface area contributed by atoms with Crippen LogP contribution in [0.3, 0.4) is 0 Å². The lowest BCUT2D eigenvalue weighted by molar-refractivity contribution is 0.141. The molecule has 1 aromatic rings. The molecule has 0 radical (unpaired) electrons. The van der Waals surface area contributed by atoms with Gasteiger partial charge < -0.3 is 10.1 Å². The van der Waals surface area contributed by atoms with Crippen LogP contribution in [0.4, 0.5) is 0 Å². The van der Waals surface area contributed by atoms with E-state index in [-0.39, 0.29) is 0 Å². The van der Waals surface area contributed by atoms with Crippen molar-refractivity contribution >= 4 is 0 Å². The van der Waals surface area contributed by atoms with Crippen molar-refractivity contribution in [1.82, 2.24) is 15.3 Å². The average molecular weight is 165 g/mol. The van der Waals surface area contributed by atoms with Gasteiger partial charge in [-0.2, -0.15) is 0 Å². The molecule has 0 unspecified atom stereocenters. The number of nitrogens with zero attached hydrogens (tertiary/aromatic N) is 2. The smallest absolute Gasteiger partial charge is 0.156 e. The van der Waals surface area contributed by atoms with E-state index in [1.165, 1.54) is 0 Å². The van der Waals surface area contributed by atoms with Crippen LogP contribution in [0.15, 0.2) is 12.4 Å². The standard InChI is InChI=1S/C8H11N3O/c1-6-10-4-8(5-11-6)12-7-2-9-3-7/h4-5,7,9H,2-3H2,1H3. The molecule has 1 saturated heterocycles. The molecule has 0 bridgehead atoms. The van der Waals surface area contributed by atoms with Gasteiger partial charge in [-0.3, -0.25) is 0 Å². The molecule has 1 aromatic heterocycles. The Morgan fingerprint density at radius 2 is 2.08 bits per heavy atom. The van der Waals surface area contributed by atoms with E-state index in [0.717, 1.165) is 24.7 Å². The second-order valence-electron chi connectivity index (χ2n) is 2.86. The van der Waals surface area contributed by atoms with Crippen molar-refractivity contribution in [3.63, 3.8) is 0 Å². The van der Waals surface area contributed by atoms with Crippen molar-refractivity contribution in [2.24, 2.45) is 0 Å². The third-order valence-electron chi connectivity index (χ3n) is 1.80. The van der Waals surface area contributed by atoms with E-state index in [1.54, 1.807) is 12.4 Å². The van der Waals surface area contributed by atoms with Gasteiger partial charge in [0.2, 0.25) is 0 Å². The Morgan fingerprint density at radius 3 is 2.58 bits per heavy atom. The Morgan fingerprint density at radius 1 is 1.42 bits per heavy atom. The fraction of sp³-hybridized carbons (Fsp3) is 0.500. The largest absolute Gasteiger partial charge is 0.485 e. The molecule has 0 atom stereocenters. The predicted octanol–water partition coefficient (Wildman–Crippen LogP) is 0.136. The minimum atomic E-state index is 0.302. The second-order valence-corrected chi connectivity index (χ2v) is 2.86. The van der Waals surface area contributed by atoms with Crippen LogP contribution in [0.25, 0.3) is 0 Å². The third kappa shape index (κ3) is 1.53. The molecule has 4 heteroatoms. The number of hydrogen-bond acceptors (Lipinski definition) is 4. The van der Waals surface area contributed by atoms with Crippen molar-refractivity contribution in [3.05, 3.63) is 18.2 Å². The van der Waals surface area contributed by atoms with Crippen LogP contribution in [0.2, 0.25) is 0 Å². The molecule has 64 valence electrons. The molecule has 12 heavy (non-hydrogen) atoms. The highest BCUT2D eigenvalue weighted by molar-refractivity contribution is 5.13. The second kappa shape index (κ2) is 3.06. The SMILES string of the molecule is Cc1ncc(OC2CNC2)cn1. The Balaban J connectivity index is 1.98. The van der Waals surface area contributed by atoms with Crippen LogP contribution in [0, 0.1) is 6.92 Å². The van der Waals surface area contributed by atoms with E-state index in [0.29, 0.717) is 6.10 Å². The number of hydrogen-bond donors (Lipinski definition) is 1. The van der Waals surface area contributed by atoms with Crippen LogP contribution in [0.5, 0.6) is 5.75 Å². The Labute approximate surface area is 71.0 Å². The molecular weight excluding hydrogens is 154 g/mol. The van der Waals surface area contributed by atoms with Gasteiger partial charge in [0.15, 0.2) is 5.75 Å². The fourth-order valence-electron chi connectivity index (χ4n) is 0.980. The first-order chi connectivity index (χ1) is 5.84. The molecule has 1 aliphatic heterocycles. The minimum absolute atomic E-state index is 0.302. The summed E-state index contributed by atoms with van der Waals surface area (Å²) in [6.45, 7) is 3.70. The van der Waals surface area contributed by atoms with Crippen molar-refractivity contribution in [3.8, 4) is 5.75 Å². The topological polar surface area (TPSA) is 47.0 Å². The van der Waals surface area contributed by atoms with E-state index < -0.39 is 0 Å². The van der Waals surface area contributed by atoms with Crippen molar-refractivity contribution in [2.45, 2.75) is 13.0 Å². The lowest BCUT2D eigenvalue weighted by Gasteiger charge is -2.27. The van der Waals surface area contributed by atoms with E-state index in [4.69, 9.17) is 4.74 Å². The van der Waals surface area contributed by atoms with Gasteiger partial charge >= 0.3 is 0 Å². The Hall–Kier alpha value is -1.16. The number of rotatable bonds is 2. The summed E-state index contributed by atoms with van der Waals surface area (Å²) in [5.74, 6) is 1.53. The lowest BCUT2D eigenvalue weighted by atomic mass is 10.2. The molecule has 0 spiro atoms. The molecule has 4 nitrogen and oxygen atoms in total. The normalized spacial score (nSPS) is 17.1. The number of ether oxygens (including phenoxy) is 1. The van der Waals surface area contributed by atoms with Gasteiger partial charge in [-0.1, -0.05) is 0 Å². The van der Waals surface area contributed by atoms with Crippen LogP contribution < -0.4 is 10.1 Å². The summed E-state index contributed by atoms with van der Waals surface area (Å²) in [5.41, 5.74) is 0. The Bertz CT molecular complexity index is 256. The predicted molar refractivity (Wildman–Crippen MR) is 44.1 cm³/mol. The maximum atomic E-state index is 5.52. The van der Waals surface area contributed by atoms with E-state index in [2.05, 4.69) is 15.3 Å². The van der Waals surface area contributed by atoms with Crippen LogP contribution in [-0.2, 0) is 0 Å². The van der Waals surface area contributed by atoms with Gasteiger partial charge in [0.05, 0.1) is 12.4 Å². The summed E-state index contributed by atoms with van der Waals surface area (Å²) >= 11 is 0. The van der Waals surface area contributed by atoms with Gasteiger partial charge in [0, 0.05) is 13.1 Å². The molecule has 1 N–H and O–H groups in total. The average Bonchev–Trinajstić information content (AvgIpc) is 2.00. The van der Waals surface area contributed by atoms with E-state index in [9.17, 15) is 0 Å². The molecule has 1 aliphatic rings. The van der Waals surface area contributed by atoms with Crippen molar-refractivity contribution < 1.29 is 4.74 Å². The maximum Gasteiger partial charge on any atom is 0.156 e. The third-order valence-corrected chi connectivity index (χ3v) is 1.80. The lowest BCUT2D eigenvalue weighted by Crippen LogP contribution is -2.50. The summed E-state index contributed by atoms with van der Waals surface area (Å²) in [6.07, 6.45) is 3.72. The maximum absolute atomic E-state index is 5.52. The van der Waals surface area contributed by atoms with Crippen LogP contribution in [0.1, 0.15) is 5.82 Å². The summed E-state index contributed by atoms with van der Waals surface area (Å²) in [6, 6.07) is 0. The Kier molecular flexibility index (Phi) is 1.91. The first-order valence-corrected chi connectivity index (χ1v) is 4.00. The van der Waals surface area contributed by atoms with Gasteiger partial charge in [-0.25, -0.2) is 9.97 Å². The zero-order valence-electron chi connectivity index (χ0n) is 6.95. The quantitative estimate of drug-likeness (QED) is 0.677. The molecule has 0 aromatic carbocycles. The summed E-state index contributed by atoms with van der Waals surface area (Å²) in [4.78, 5) is 8.07. The van der Waals surface area contributed by atoms with E-state index >= 15 is 0 Å². The first kappa shape index (κ1) is 7.49. The minimum Gasteiger partial charge on any atom is -0.485 e. The highest BCUT2D eigenvalue weighted by Gasteiger charge is 2.18. The number of nitrogens with one attached hydrogen (secondary N) is 1. The highest BCUT2D eigenvalue weighted by Crippen LogP contribution is 2.10. The fourth-order valence-corrected chi connectivity index (χ4v) is 0.980. The van der Waals surface area contributed by atoms with Crippen molar-refractivity contribution in [2.75, 3.05) is 13.1 Å². The first-order valence-electron chi connectivity index (χ1n) is 4.00.